The van der Waals surface area contributed by atoms with Crippen molar-refractivity contribution in [2.45, 2.75) is 64.6 Å². The molecule has 1 aromatic carbocycles. The van der Waals surface area contributed by atoms with Gasteiger partial charge in [-0.15, -0.1) is 0 Å². The van der Waals surface area contributed by atoms with Crippen LogP contribution in [-0.2, 0) is 19.1 Å². The van der Waals surface area contributed by atoms with Gasteiger partial charge >= 0.3 is 0 Å². The Labute approximate surface area is 194 Å². The van der Waals surface area contributed by atoms with E-state index in [1.807, 2.05) is 20.8 Å². The van der Waals surface area contributed by atoms with Gasteiger partial charge in [-0.2, -0.15) is 0 Å². The number of amides is 3. The van der Waals surface area contributed by atoms with Crippen LogP contribution in [0.15, 0.2) is 24.3 Å². The van der Waals surface area contributed by atoms with Crippen LogP contribution in [0.4, 0.5) is 5.69 Å². The van der Waals surface area contributed by atoms with E-state index in [0.717, 1.165) is 25.7 Å². The van der Waals surface area contributed by atoms with Crippen LogP contribution in [0.3, 0.4) is 0 Å². The molecule has 2 saturated heterocycles. The molecular formula is C25H33N3O5. The maximum atomic E-state index is 13.6. The summed E-state index contributed by atoms with van der Waals surface area (Å²) in [4.78, 5) is 52.6. The second kappa shape index (κ2) is 9.63. The van der Waals surface area contributed by atoms with Crippen molar-refractivity contribution in [2.24, 2.45) is 17.8 Å². The number of nitrogens with one attached hydrogen (secondary N) is 2. The molecule has 3 amide bonds. The first-order valence-electron chi connectivity index (χ1n) is 11.9. The van der Waals surface area contributed by atoms with E-state index >= 15 is 0 Å². The SMILES string of the molecule is CC(C)C(=O)Nc1ccc(C(=O)N[C@H](C(=O)N2C[C@H](C)[C@H]3OCC(=O)[C@H]32)C2CCCC2)cc1. The summed E-state index contributed by atoms with van der Waals surface area (Å²) < 4.78 is 5.63. The number of rotatable bonds is 6. The van der Waals surface area contributed by atoms with Gasteiger partial charge in [0.25, 0.3) is 5.91 Å². The zero-order valence-electron chi connectivity index (χ0n) is 19.5. The van der Waals surface area contributed by atoms with Gasteiger partial charge in [0.05, 0.1) is 6.10 Å². The van der Waals surface area contributed by atoms with Gasteiger partial charge in [0.1, 0.15) is 18.7 Å². The Hall–Kier alpha value is -2.74. The van der Waals surface area contributed by atoms with Gasteiger partial charge in [-0.1, -0.05) is 33.6 Å². The van der Waals surface area contributed by atoms with Crippen molar-refractivity contribution in [1.29, 1.82) is 0 Å². The molecule has 33 heavy (non-hydrogen) atoms. The Morgan fingerprint density at radius 3 is 2.39 bits per heavy atom. The summed E-state index contributed by atoms with van der Waals surface area (Å²) in [5.74, 6) is -0.682. The van der Waals surface area contributed by atoms with Gasteiger partial charge in [0, 0.05) is 29.6 Å². The number of ether oxygens (including phenoxy) is 1. The van der Waals surface area contributed by atoms with E-state index in [-0.39, 0.29) is 54.0 Å². The van der Waals surface area contributed by atoms with E-state index in [0.29, 0.717) is 17.8 Å². The number of ketones is 1. The maximum Gasteiger partial charge on any atom is 0.251 e. The fourth-order valence-corrected chi connectivity index (χ4v) is 5.19. The molecule has 0 radical (unpaired) electrons. The Morgan fingerprint density at radius 1 is 1.09 bits per heavy atom. The largest absolute Gasteiger partial charge is 0.367 e. The predicted molar refractivity (Wildman–Crippen MR) is 123 cm³/mol. The standard InChI is InChI=1S/C25H33N3O5/c1-14(2)23(30)26-18-10-8-17(9-11-18)24(31)27-20(16-6-4-5-7-16)25(32)28-12-15(3)22-21(28)19(29)13-33-22/h8-11,14-16,20-22H,4-7,12-13H2,1-3H3,(H,26,30)(H,27,31)/t15-,20-,21+,22+/m0/s1. The molecule has 8 heteroatoms. The highest BCUT2D eigenvalue weighted by atomic mass is 16.5. The number of anilines is 1. The van der Waals surface area contributed by atoms with Crippen molar-refractivity contribution in [3.8, 4) is 0 Å². The fourth-order valence-electron chi connectivity index (χ4n) is 5.19. The number of carbonyl (C=O) groups excluding carboxylic acids is 4. The zero-order valence-corrected chi connectivity index (χ0v) is 19.5. The molecule has 4 atom stereocenters. The molecule has 2 heterocycles. The van der Waals surface area contributed by atoms with Crippen LogP contribution in [0.25, 0.3) is 0 Å². The van der Waals surface area contributed by atoms with Gasteiger partial charge in [0.2, 0.25) is 11.8 Å². The second-order valence-electron chi connectivity index (χ2n) is 9.87. The molecule has 3 fully saturated rings. The Balaban J connectivity index is 1.49. The lowest BCUT2D eigenvalue weighted by Gasteiger charge is -2.30. The van der Waals surface area contributed by atoms with Crippen LogP contribution in [0.1, 0.15) is 56.8 Å². The average molecular weight is 456 g/mol. The third-order valence-electron chi connectivity index (χ3n) is 7.09. The molecule has 1 aromatic rings. The molecule has 8 nitrogen and oxygen atoms in total. The summed E-state index contributed by atoms with van der Waals surface area (Å²) in [6.45, 7) is 6.12. The number of benzene rings is 1. The second-order valence-corrected chi connectivity index (χ2v) is 9.87. The van der Waals surface area contributed by atoms with E-state index in [1.54, 1.807) is 29.2 Å². The Bertz CT molecular complexity index is 922. The number of carbonyl (C=O) groups is 4. The topological polar surface area (TPSA) is 105 Å². The van der Waals surface area contributed by atoms with E-state index < -0.39 is 12.1 Å². The summed E-state index contributed by atoms with van der Waals surface area (Å²) in [6.07, 6.45) is 3.55. The first-order chi connectivity index (χ1) is 15.8. The highest BCUT2D eigenvalue weighted by Crippen LogP contribution is 2.34. The molecule has 0 aromatic heterocycles. The van der Waals surface area contributed by atoms with Crippen LogP contribution in [-0.4, -0.2) is 59.7 Å². The van der Waals surface area contributed by atoms with Gasteiger partial charge in [-0.3, -0.25) is 19.2 Å². The minimum absolute atomic E-state index is 0.0452. The molecule has 0 spiro atoms. The van der Waals surface area contributed by atoms with Crippen LogP contribution in [0.2, 0.25) is 0 Å². The number of nitrogens with zero attached hydrogens (tertiary/aromatic N) is 1. The average Bonchev–Trinajstić information content (AvgIpc) is 3.52. The minimum Gasteiger partial charge on any atom is -0.367 e. The molecule has 178 valence electrons. The molecule has 2 aliphatic heterocycles. The van der Waals surface area contributed by atoms with Gasteiger partial charge in [-0.25, -0.2) is 0 Å². The van der Waals surface area contributed by atoms with E-state index in [1.165, 1.54) is 0 Å². The van der Waals surface area contributed by atoms with Crippen LogP contribution in [0, 0.1) is 17.8 Å². The quantitative estimate of drug-likeness (QED) is 0.685. The number of fused-ring (bicyclic) bond motifs is 1. The summed E-state index contributed by atoms with van der Waals surface area (Å²) >= 11 is 0. The fraction of sp³-hybridized carbons (Fsp3) is 0.600. The highest BCUT2D eigenvalue weighted by molar-refractivity contribution is 6.00. The third kappa shape index (κ3) is 4.81. The van der Waals surface area contributed by atoms with Crippen LogP contribution in [0.5, 0.6) is 0 Å². The molecule has 0 unspecified atom stereocenters. The third-order valence-corrected chi connectivity index (χ3v) is 7.09. The van der Waals surface area contributed by atoms with Crippen molar-refractivity contribution < 1.29 is 23.9 Å². The molecule has 2 N–H and O–H groups in total. The van der Waals surface area contributed by atoms with E-state index in [2.05, 4.69) is 10.6 Å². The van der Waals surface area contributed by atoms with Gasteiger partial charge < -0.3 is 20.3 Å². The Morgan fingerprint density at radius 2 is 1.76 bits per heavy atom. The number of likely N-dealkylation sites (tertiary alicyclic amines) is 1. The van der Waals surface area contributed by atoms with Crippen molar-refractivity contribution in [2.75, 3.05) is 18.5 Å². The van der Waals surface area contributed by atoms with Crippen LogP contribution >= 0.6 is 0 Å². The molecule has 4 rings (SSSR count). The molecule has 0 bridgehead atoms. The lowest BCUT2D eigenvalue weighted by Crippen LogP contribution is -2.54. The summed E-state index contributed by atoms with van der Waals surface area (Å²) in [7, 11) is 0. The normalized spacial score (nSPS) is 25.9. The van der Waals surface area contributed by atoms with Gasteiger partial charge in [0.15, 0.2) is 5.78 Å². The highest BCUT2D eigenvalue weighted by Gasteiger charge is 2.52. The summed E-state index contributed by atoms with van der Waals surface area (Å²) in [6, 6.07) is 5.44. The minimum atomic E-state index is -0.667. The summed E-state index contributed by atoms with van der Waals surface area (Å²) in [5.41, 5.74) is 1.03. The lowest BCUT2D eigenvalue weighted by molar-refractivity contribution is -0.139. The first-order valence-corrected chi connectivity index (χ1v) is 11.9. The first kappa shape index (κ1) is 23.4. The Kier molecular flexibility index (Phi) is 6.83. The van der Waals surface area contributed by atoms with E-state index in [9.17, 15) is 19.2 Å². The number of hydrogen-bond acceptors (Lipinski definition) is 5. The molecule has 3 aliphatic rings. The lowest BCUT2D eigenvalue weighted by atomic mass is 9.95. The van der Waals surface area contributed by atoms with Crippen molar-refractivity contribution in [1.82, 2.24) is 10.2 Å². The van der Waals surface area contributed by atoms with Gasteiger partial charge in [-0.05, 0) is 43.0 Å². The number of hydrogen-bond donors (Lipinski definition) is 2. The zero-order chi connectivity index (χ0) is 23.7. The maximum absolute atomic E-state index is 13.6. The smallest absolute Gasteiger partial charge is 0.251 e. The number of Topliss-reactive ketones (excluding diaryl/α,β-unsaturated/α-hetero) is 1. The van der Waals surface area contributed by atoms with Crippen molar-refractivity contribution in [3.05, 3.63) is 29.8 Å². The molecular weight excluding hydrogens is 422 g/mol. The molecule has 1 aliphatic carbocycles. The van der Waals surface area contributed by atoms with Crippen molar-refractivity contribution >= 4 is 29.2 Å². The molecule has 1 saturated carbocycles. The predicted octanol–water partition coefficient (Wildman–Crippen LogP) is 2.38. The summed E-state index contributed by atoms with van der Waals surface area (Å²) in [5, 5.41) is 5.77. The van der Waals surface area contributed by atoms with Crippen LogP contribution < -0.4 is 10.6 Å². The van der Waals surface area contributed by atoms with Crippen molar-refractivity contribution in [3.63, 3.8) is 0 Å². The monoisotopic (exact) mass is 455 g/mol. The van der Waals surface area contributed by atoms with E-state index in [4.69, 9.17) is 4.74 Å².